The smallest absolute Gasteiger partial charge is 0.172 e. The topological polar surface area (TPSA) is 26.3 Å². The van der Waals surface area contributed by atoms with Gasteiger partial charge in [-0.1, -0.05) is 6.07 Å². The molecule has 0 aromatic heterocycles. The first kappa shape index (κ1) is 10.8. The van der Waals surface area contributed by atoms with E-state index in [1.165, 1.54) is 6.07 Å². The number of halogens is 2. The highest BCUT2D eigenvalue weighted by Crippen LogP contribution is 2.26. The fraction of sp³-hybridized carbons (Fsp3) is 0.364. The minimum absolute atomic E-state index is 0.146. The molecule has 1 unspecified atom stereocenters. The molecule has 80 valence electrons. The van der Waals surface area contributed by atoms with Crippen LogP contribution in [0.15, 0.2) is 22.7 Å². The van der Waals surface area contributed by atoms with Crippen LogP contribution in [0.3, 0.4) is 0 Å². The van der Waals surface area contributed by atoms with Gasteiger partial charge in [0, 0.05) is 17.0 Å². The van der Waals surface area contributed by atoms with Crippen molar-refractivity contribution in [1.29, 1.82) is 0 Å². The lowest BCUT2D eigenvalue weighted by atomic mass is 9.97. The third-order valence-electron chi connectivity index (χ3n) is 2.51. The Morgan fingerprint density at radius 1 is 1.53 bits per heavy atom. The summed E-state index contributed by atoms with van der Waals surface area (Å²) in [6.07, 6.45) is 0.680. The van der Waals surface area contributed by atoms with Gasteiger partial charge in [0.05, 0.1) is 12.2 Å². The van der Waals surface area contributed by atoms with Crippen molar-refractivity contribution >= 4 is 21.7 Å². The van der Waals surface area contributed by atoms with Crippen molar-refractivity contribution in [3.05, 3.63) is 34.1 Å². The van der Waals surface area contributed by atoms with Crippen LogP contribution in [0.4, 0.5) is 4.39 Å². The number of Topliss-reactive ketones (excluding diaryl/α,β-unsaturated/α-hetero) is 1. The average molecular weight is 273 g/mol. The van der Waals surface area contributed by atoms with Gasteiger partial charge in [-0.25, -0.2) is 4.39 Å². The molecule has 0 radical (unpaired) electrons. The zero-order valence-electron chi connectivity index (χ0n) is 8.00. The zero-order valence-corrected chi connectivity index (χ0v) is 9.59. The molecular weight excluding hydrogens is 263 g/mol. The number of rotatable bonds is 2. The van der Waals surface area contributed by atoms with E-state index in [0.29, 0.717) is 24.1 Å². The molecule has 0 aliphatic carbocycles. The first-order chi connectivity index (χ1) is 7.20. The largest absolute Gasteiger partial charge is 0.381 e. The molecule has 0 bridgehead atoms. The molecule has 1 aliphatic heterocycles. The molecule has 1 saturated heterocycles. The third kappa shape index (κ3) is 2.11. The highest BCUT2D eigenvalue weighted by Gasteiger charge is 2.27. The number of hydrogen-bond acceptors (Lipinski definition) is 2. The quantitative estimate of drug-likeness (QED) is 0.774. The first-order valence-electron chi connectivity index (χ1n) is 4.76. The number of carbonyl (C=O) groups is 1. The Hall–Kier alpha value is -0.740. The maximum absolute atomic E-state index is 13.5. The lowest BCUT2D eigenvalue weighted by Gasteiger charge is -2.09. The van der Waals surface area contributed by atoms with Crippen molar-refractivity contribution in [2.45, 2.75) is 6.42 Å². The normalized spacial score (nSPS) is 20.5. The van der Waals surface area contributed by atoms with Crippen molar-refractivity contribution < 1.29 is 13.9 Å². The van der Waals surface area contributed by atoms with Gasteiger partial charge >= 0.3 is 0 Å². The van der Waals surface area contributed by atoms with Gasteiger partial charge in [0.2, 0.25) is 0 Å². The monoisotopic (exact) mass is 272 g/mol. The number of carbonyl (C=O) groups excluding carboxylic acids is 1. The van der Waals surface area contributed by atoms with E-state index < -0.39 is 5.82 Å². The van der Waals surface area contributed by atoms with Gasteiger partial charge in [0.15, 0.2) is 5.78 Å². The Bertz CT molecular complexity index is 366. The minimum atomic E-state index is -0.471. The van der Waals surface area contributed by atoms with E-state index in [1.54, 1.807) is 12.1 Å². The van der Waals surface area contributed by atoms with Gasteiger partial charge in [-0.3, -0.25) is 4.79 Å². The highest BCUT2D eigenvalue weighted by atomic mass is 79.9. The Balaban J connectivity index is 2.32. The molecule has 0 N–H and O–H groups in total. The summed E-state index contributed by atoms with van der Waals surface area (Å²) in [4.78, 5) is 11.9. The van der Waals surface area contributed by atoms with Crippen LogP contribution in [0.2, 0.25) is 0 Å². The van der Waals surface area contributed by atoms with Crippen molar-refractivity contribution in [3.63, 3.8) is 0 Å². The van der Waals surface area contributed by atoms with Gasteiger partial charge < -0.3 is 4.74 Å². The number of benzene rings is 1. The fourth-order valence-electron chi connectivity index (χ4n) is 1.68. The summed E-state index contributed by atoms with van der Waals surface area (Å²) in [5, 5.41) is 0. The van der Waals surface area contributed by atoms with Crippen molar-refractivity contribution in [2.24, 2.45) is 5.92 Å². The summed E-state index contributed by atoms with van der Waals surface area (Å²) >= 11 is 3.19. The Morgan fingerprint density at radius 3 is 2.93 bits per heavy atom. The number of hydrogen-bond donors (Lipinski definition) is 0. The average Bonchev–Trinajstić information content (AvgIpc) is 2.69. The second-order valence-electron chi connectivity index (χ2n) is 3.52. The molecule has 1 atom stereocenters. The fourth-order valence-corrected chi connectivity index (χ4v) is 2.22. The SMILES string of the molecule is O=C(c1c(F)cccc1Br)C1CCOC1. The van der Waals surface area contributed by atoms with Gasteiger partial charge in [0.25, 0.3) is 0 Å². The van der Waals surface area contributed by atoms with E-state index in [4.69, 9.17) is 4.74 Å². The van der Waals surface area contributed by atoms with E-state index in [1.807, 2.05) is 0 Å². The predicted octanol–water partition coefficient (Wildman–Crippen LogP) is 2.81. The van der Waals surface area contributed by atoms with Crippen LogP contribution in [-0.4, -0.2) is 19.0 Å². The molecule has 4 heteroatoms. The molecule has 1 aromatic carbocycles. The van der Waals surface area contributed by atoms with Gasteiger partial charge in [-0.05, 0) is 34.5 Å². The van der Waals surface area contributed by atoms with Crippen molar-refractivity contribution in [1.82, 2.24) is 0 Å². The van der Waals surface area contributed by atoms with E-state index in [2.05, 4.69) is 15.9 Å². The van der Waals surface area contributed by atoms with E-state index in [-0.39, 0.29) is 17.3 Å². The van der Waals surface area contributed by atoms with E-state index >= 15 is 0 Å². The molecule has 1 aliphatic rings. The zero-order chi connectivity index (χ0) is 10.8. The molecule has 0 spiro atoms. The molecule has 1 aromatic rings. The van der Waals surface area contributed by atoms with Gasteiger partial charge in [-0.15, -0.1) is 0 Å². The third-order valence-corrected chi connectivity index (χ3v) is 3.17. The maximum Gasteiger partial charge on any atom is 0.172 e. The summed E-state index contributed by atoms with van der Waals surface area (Å²) in [6, 6.07) is 4.54. The minimum Gasteiger partial charge on any atom is -0.381 e. The van der Waals surface area contributed by atoms with Gasteiger partial charge in [-0.2, -0.15) is 0 Å². The van der Waals surface area contributed by atoms with E-state index in [0.717, 1.165) is 0 Å². The predicted molar refractivity (Wildman–Crippen MR) is 57.4 cm³/mol. The number of ether oxygens (including phenoxy) is 1. The maximum atomic E-state index is 13.5. The van der Waals surface area contributed by atoms with Crippen LogP contribution < -0.4 is 0 Å². The number of ketones is 1. The van der Waals surface area contributed by atoms with Crippen LogP contribution in [0.5, 0.6) is 0 Å². The van der Waals surface area contributed by atoms with Crippen LogP contribution >= 0.6 is 15.9 Å². The summed E-state index contributed by atoms with van der Waals surface area (Å²) < 4.78 is 19.1. The molecule has 2 nitrogen and oxygen atoms in total. The second-order valence-corrected chi connectivity index (χ2v) is 4.38. The van der Waals surface area contributed by atoms with Gasteiger partial charge in [0.1, 0.15) is 5.82 Å². The molecular formula is C11H10BrFO2. The molecule has 2 rings (SSSR count). The van der Waals surface area contributed by atoms with Crippen LogP contribution in [0, 0.1) is 11.7 Å². The highest BCUT2D eigenvalue weighted by molar-refractivity contribution is 9.10. The summed E-state index contributed by atoms with van der Waals surface area (Å²) in [5.74, 6) is -0.836. The van der Waals surface area contributed by atoms with Crippen LogP contribution in [-0.2, 0) is 4.74 Å². The molecule has 0 saturated carbocycles. The first-order valence-corrected chi connectivity index (χ1v) is 5.55. The molecule has 1 heterocycles. The second kappa shape index (κ2) is 4.41. The van der Waals surface area contributed by atoms with E-state index in [9.17, 15) is 9.18 Å². The summed E-state index contributed by atoms with van der Waals surface area (Å²) in [5.41, 5.74) is 0.146. The standard InChI is InChI=1S/C11H10BrFO2/c12-8-2-1-3-9(13)10(8)11(14)7-4-5-15-6-7/h1-3,7H,4-6H2. The summed E-state index contributed by atoms with van der Waals surface area (Å²) in [6.45, 7) is 0.988. The van der Waals surface area contributed by atoms with Crippen LogP contribution in [0.25, 0.3) is 0 Å². The lowest BCUT2D eigenvalue weighted by Crippen LogP contribution is -2.16. The summed E-state index contributed by atoms with van der Waals surface area (Å²) in [7, 11) is 0. The van der Waals surface area contributed by atoms with Crippen LogP contribution in [0.1, 0.15) is 16.8 Å². The van der Waals surface area contributed by atoms with Crippen molar-refractivity contribution in [3.8, 4) is 0 Å². The lowest BCUT2D eigenvalue weighted by molar-refractivity contribution is 0.0895. The Labute approximate surface area is 95.6 Å². The molecule has 1 fully saturated rings. The molecule has 15 heavy (non-hydrogen) atoms. The Kier molecular flexibility index (Phi) is 3.17. The Morgan fingerprint density at radius 2 is 2.33 bits per heavy atom. The van der Waals surface area contributed by atoms with Crippen molar-refractivity contribution in [2.75, 3.05) is 13.2 Å². The molecule has 0 amide bonds.